The van der Waals surface area contributed by atoms with E-state index in [0.29, 0.717) is 18.3 Å². The Balaban J connectivity index is 2.25. The van der Waals surface area contributed by atoms with Crippen molar-refractivity contribution in [2.75, 3.05) is 7.11 Å². The van der Waals surface area contributed by atoms with Crippen molar-refractivity contribution >= 4 is 5.97 Å². The monoisotopic (exact) mass is 156 g/mol. The zero-order valence-electron chi connectivity index (χ0n) is 7.46. The van der Waals surface area contributed by atoms with Crippen LogP contribution in [0.4, 0.5) is 0 Å². The lowest BCUT2D eigenvalue weighted by atomic mass is 9.65. The molecule has 0 heterocycles. The summed E-state index contributed by atoms with van der Waals surface area (Å²) >= 11 is 0. The van der Waals surface area contributed by atoms with Crippen molar-refractivity contribution < 1.29 is 9.53 Å². The summed E-state index contributed by atoms with van der Waals surface area (Å²) in [6.07, 6.45) is 1.80. The Morgan fingerprint density at radius 3 is 2.55 bits per heavy atom. The van der Waals surface area contributed by atoms with Crippen molar-refractivity contribution in [1.82, 2.24) is 0 Å². The highest BCUT2D eigenvalue weighted by Crippen LogP contribution is 2.41. The number of methoxy groups -OCH3 is 1. The minimum absolute atomic E-state index is 0.0613. The number of hydrogen-bond acceptors (Lipinski definition) is 2. The highest BCUT2D eigenvalue weighted by molar-refractivity contribution is 5.69. The van der Waals surface area contributed by atoms with Gasteiger partial charge in [0.25, 0.3) is 0 Å². The first kappa shape index (κ1) is 8.57. The molecule has 64 valence electrons. The van der Waals surface area contributed by atoms with Crippen molar-refractivity contribution in [3.63, 3.8) is 0 Å². The maximum Gasteiger partial charge on any atom is 0.305 e. The Kier molecular flexibility index (Phi) is 2.53. The van der Waals surface area contributed by atoms with Crippen LogP contribution in [0.15, 0.2) is 0 Å². The second kappa shape index (κ2) is 3.24. The van der Waals surface area contributed by atoms with Crippen LogP contribution in [0.25, 0.3) is 0 Å². The van der Waals surface area contributed by atoms with E-state index in [1.165, 1.54) is 13.5 Å². The van der Waals surface area contributed by atoms with Crippen molar-refractivity contribution in [3.05, 3.63) is 0 Å². The largest absolute Gasteiger partial charge is 0.469 e. The predicted molar refractivity (Wildman–Crippen MR) is 43.1 cm³/mol. The number of hydrogen-bond donors (Lipinski definition) is 0. The molecule has 1 aliphatic carbocycles. The summed E-state index contributed by atoms with van der Waals surface area (Å²) < 4.78 is 4.60. The van der Waals surface area contributed by atoms with E-state index in [0.717, 1.165) is 5.92 Å². The third-order valence-corrected chi connectivity index (χ3v) is 2.97. The zero-order chi connectivity index (χ0) is 8.43. The summed E-state index contributed by atoms with van der Waals surface area (Å²) in [5, 5.41) is 0. The van der Waals surface area contributed by atoms with E-state index in [1.54, 1.807) is 0 Å². The molecule has 2 heteroatoms. The van der Waals surface area contributed by atoms with Crippen LogP contribution in [-0.2, 0) is 9.53 Å². The van der Waals surface area contributed by atoms with Gasteiger partial charge in [-0.1, -0.05) is 13.8 Å². The van der Waals surface area contributed by atoms with E-state index < -0.39 is 0 Å². The van der Waals surface area contributed by atoms with E-state index in [9.17, 15) is 4.79 Å². The van der Waals surface area contributed by atoms with Gasteiger partial charge in [-0.05, 0) is 24.2 Å². The van der Waals surface area contributed by atoms with Crippen LogP contribution in [0.2, 0.25) is 0 Å². The molecule has 3 atom stereocenters. The molecule has 1 rings (SSSR count). The van der Waals surface area contributed by atoms with Crippen LogP contribution in [-0.4, -0.2) is 13.1 Å². The van der Waals surface area contributed by atoms with E-state index in [-0.39, 0.29) is 5.97 Å². The number of rotatable bonds is 2. The van der Waals surface area contributed by atoms with Crippen molar-refractivity contribution in [3.8, 4) is 0 Å². The van der Waals surface area contributed by atoms with Crippen molar-refractivity contribution in [1.29, 1.82) is 0 Å². The average Bonchev–Trinajstić information content (AvgIpc) is 2.03. The van der Waals surface area contributed by atoms with E-state index in [4.69, 9.17) is 0 Å². The molecular weight excluding hydrogens is 140 g/mol. The lowest BCUT2D eigenvalue weighted by Crippen LogP contribution is -2.34. The van der Waals surface area contributed by atoms with Gasteiger partial charge in [-0.25, -0.2) is 0 Å². The smallest absolute Gasteiger partial charge is 0.305 e. The first-order chi connectivity index (χ1) is 5.15. The van der Waals surface area contributed by atoms with Crippen LogP contribution in [0.5, 0.6) is 0 Å². The molecule has 0 bridgehead atoms. The van der Waals surface area contributed by atoms with Crippen LogP contribution < -0.4 is 0 Å². The average molecular weight is 156 g/mol. The molecule has 0 aromatic carbocycles. The quantitative estimate of drug-likeness (QED) is 0.570. The molecule has 0 aromatic rings. The van der Waals surface area contributed by atoms with Crippen molar-refractivity contribution in [2.24, 2.45) is 17.8 Å². The van der Waals surface area contributed by atoms with Gasteiger partial charge < -0.3 is 4.74 Å². The van der Waals surface area contributed by atoms with E-state index in [2.05, 4.69) is 18.6 Å². The maximum atomic E-state index is 10.8. The zero-order valence-corrected chi connectivity index (χ0v) is 7.46. The summed E-state index contributed by atoms with van der Waals surface area (Å²) in [6.45, 7) is 4.44. The topological polar surface area (TPSA) is 26.3 Å². The summed E-state index contributed by atoms with van der Waals surface area (Å²) in [5.41, 5.74) is 0. The molecule has 1 aliphatic rings. The van der Waals surface area contributed by atoms with Crippen LogP contribution in [0, 0.1) is 17.8 Å². The second-order valence-corrected chi connectivity index (χ2v) is 3.61. The third-order valence-electron chi connectivity index (χ3n) is 2.97. The molecular formula is C9H16O2. The van der Waals surface area contributed by atoms with Gasteiger partial charge in [-0.3, -0.25) is 4.79 Å². The Bertz CT molecular complexity index is 154. The minimum Gasteiger partial charge on any atom is -0.469 e. The highest BCUT2D eigenvalue weighted by Gasteiger charge is 2.35. The summed E-state index contributed by atoms with van der Waals surface area (Å²) in [6, 6.07) is 0. The Hall–Kier alpha value is -0.530. The molecule has 0 amide bonds. The van der Waals surface area contributed by atoms with E-state index >= 15 is 0 Å². The Labute approximate surface area is 67.9 Å². The molecule has 3 unspecified atom stereocenters. The van der Waals surface area contributed by atoms with Crippen molar-refractivity contribution in [2.45, 2.75) is 26.7 Å². The molecule has 11 heavy (non-hydrogen) atoms. The van der Waals surface area contributed by atoms with Gasteiger partial charge >= 0.3 is 5.97 Å². The van der Waals surface area contributed by atoms with Gasteiger partial charge in [-0.15, -0.1) is 0 Å². The fraction of sp³-hybridized carbons (Fsp3) is 0.889. The summed E-state index contributed by atoms with van der Waals surface area (Å²) in [7, 11) is 1.45. The standard InChI is InChI=1S/C9H16O2/c1-6-4-8(7(6)2)5-9(10)11-3/h6-8H,4-5H2,1-3H3. The van der Waals surface area contributed by atoms with E-state index in [1.807, 2.05) is 0 Å². The number of carbonyl (C=O) groups is 1. The number of esters is 1. The van der Waals surface area contributed by atoms with Gasteiger partial charge in [0.2, 0.25) is 0 Å². The molecule has 2 nitrogen and oxygen atoms in total. The molecule has 0 aliphatic heterocycles. The molecule has 0 N–H and O–H groups in total. The lowest BCUT2D eigenvalue weighted by molar-refractivity contribution is -0.143. The van der Waals surface area contributed by atoms with Gasteiger partial charge in [0.1, 0.15) is 0 Å². The van der Waals surface area contributed by atoms with Crippen LogP contribution in [0.3, 0.4) is 0 Å². The lowest BCUT2D eigenvalue weighted by Gasteiger charge is -2.40. The van der Waals surface area contributed by atoms with Gasteiger partial charge in [0.05, 0.1) is 7.11 Å². The summed E-state index contributed by atoms with van der Waals surface area (Å²) in [5.74, 6) is 2.02. The molecule has 0 aromatic heterocycles. The highest BCUT2D eigenvalue weighted by atomic mass is 16.5. The molecule has 1 saturated carbocycles. The molecule has 1 fully saturated rings. The van der Waals surface area contributed by atoms with Gasteiger partial charge in [0.15, 0.2) is 0 Å². The van der Waals surface area contributed by atoms with Crippen LogP contribution >= 0.6 is 0 Å². The Morgan fingerprint density at radius 2 is 2.18 bits per heavy atom. The molecule has 0 saturated heterocycles. The van der Waals surface area contributed by atoms with Crippen LogP contribution in [0.1, 0.15) is 26.7 Å². The summed E-state index contributed by atoms with van der Waals surface area (Å²) in [4.78, 5) is 10.8. The first-order valence-corrected chi connectivity index (χ1v) is 4.22. The SMILES string of the molecule is COC(=O)CC1CC(C)C1C. The van der Waals surface area contributed by atoms with Gasteiger partial charge in [-0.2, -0.15) is 0 Å². The number of carbonyl (C=O) groups excluding carboxylic acids is 1. The third kappa shape index (κ3) is 1.73. The Morgan fingerprint density at radius 1 is 1.55 bits per heavy atom. The minimum atomic E-state index is -0.0613. The maximum absolute atomic E-state index is 10.8. The molecule has 0 spiro atoms. The normalized spacial score (nSPS) is 36.1. The fourth-order valence-electron chi connectivity index (χ4n) is 1.74. The molecule has 0 radical (unpaired) electrons. The number of ether oxygens (including phenoxy) is 1. The second-order valence-electron chi connectivity index (χ2n) is 3.61. The fourth-order valence-corrected chi connectivity index (χ4v) is 1.74. The first-order valence-electron chi connectivity index (χ1n) is 4.22. The predicted octanol–water partition coefficient (Wildman–Crippen LogP) is 1.84. The van der Waals surface area contributed by atoms with Gasteiger partial charge in [0, 0.05) is 6.42 Å².